The summed E-state index contributed by atoms with van der Waals surface area (Å²) in [6.07, 6.45) is 0.478. The Balaban J connectivity index is 2.42. The summed E-state index contributed by atoms with van der Waals surface area (Å²) < 4.78 is 14.0. The summed E-state index contributed by atoms with van der Waals surface area (Å²) in [6, 6.07) is 0. The molecule has 0 fully saturated rings. The van der Waals surface area contributed by atoms with Crippen molar-refractivity contribution in [2.24, 2.45) is 0 Å². The standard InChI is InChI=1S/C6H8O4/c1-4-3-9-6(10-4)5(7)8-2/h3,6H,1-2H3. The van der Waals surface area contributed by atoms with Crippen molar-refractivity contribution in [2.75, 3.05) is 7.11 Å². The van der Waals surface area contributed by atoms with Crippen LogP contribution < -0.4 is 0 Å². The fourth-order valence-corrected chi connectivity index (χ4v) is 0.582. The van der Waals surface area contributed by atoms with E-state index in [1.54, 1.807) is 6.92 Å². The van der Waals surface area contributed by atoms with E-state index in [-0.39, 0.29) is 0 Å². The summed E-state index contributed by atoms with van der Waals surface area (Å²) in [5, 5.41) is 0. The Morgan fingerprint density at radius 3 is 2.90 bits per heavy atom. The lowest BCUT2D eigenvalue weighted by molar-refractivity contribution is -0.167. The molecule has 0 radical (unpaired) electrons. The molecule has 0 N–H and O–H groups in total. The summed E-state index contributed by atoms with van der Waals surface area (Å²) in [5.74, 6) is 0.0588. The van der Waals surface area contributed by atoms with Crippen LogP contribution in [0, 0.1) is 0 Å². The number of ether oxygens (including phenoxy) is 3. The minimum atomic E-state index is -0.898. The molecule has 4 nitrogen and oxygen atoms in total. The fraction of sp³-hybridized carbons (Fsp3) is 0.500. The summed E-state index contributed by atoms with van der Waals surface area (Å²) in [7, 11) is 1.28. The maximum Gasteiger partial charge on any atom is 0.389 e. The molecule has 1 heterocycles. The quantitative estimate of drug-likeness (QED) is 0.499. The molecule has 0 saturated carbocycles. The Bertz CT molecular complexity index is 173. The van der Waals surface area contributed by atoms with Gasteiger partial charge >= 0.3 is 12.3 Å². The maximum absolute atomic E-state index is 10.7. The van der Waals surface area contributed by atoms with E-state index in [0.717, 1.165) is 0 Å². The van der Waals surface area contributed by atoms with Crippen molar-refractivity contribution in [3.05, 3.63) is 12.0 Å². The number of rotatable bonds is 1. The molecule has 0 bridgehead atoms. The van der Waals surface area contributed by atoms with Crippen LogP contribution in [0.4, 0.5) is 0 Å². The van der Waals surface area contributed by atoms with Gasteiger partial charge in [-0.05, 0) is 6.92 Å². The number of hydrogen-bond acceptors (Lipinski definition) is 4. The molecule has 1 rings (SSSR count). The van der Waals surface area contributed by atoms with E-state index in [1.165, 1.54) is 13.4 Å². The highest BCUT2D eigenvalue weighted by atomic mass is 16.7. The zero-order valence-corrected chi connectivity index (χ0v) is 5.79. The number of hydrogen-bond donors (Lipinski definition) is 0. The molecule has 1 unspecified atom stereocenters. The molecule has 0 amide bonds. The van der Waals surface area contributed by atoms with Crippen molar-refractivity contribution in [1.82, 2.24) is 0 Å². The largest absolute Gasteiger partial charge is 0.463 e. The first-order valence-electron chi connectivity index (χ1n) is 2.81. The predicted octanol–water partition coefficient (Wildman–Crippen LogP) is 0.394. The number of carbonyl (C=O) groups is 1. The second-order valence-corrected chi connectivity index (χ2v) is 1.84. The topological polar surface area (TPSA) is 44.8 Å². The molecule has 1 atom stereocenters. The summed E-state index contributed by atoms with van der Waals surface area (Å²) in [5.41, 5.74) is 0. The van der Waals surface area contributed by atoms with Gasteiger partial charge in [0.15, 0.2) is 0 Å². The van der Waals surface area contributed by atoms with Crippen LogP contribution in [0.5, 0.6) is 0 Å². The third kappa shape index (κ3) is 1.21. The number of methoxy groups -OCH3 is 1. The molecular weight excluding hydrogens is 136 g/mol. The highest BCUT2D eigenvalue weighted by Crippen LogP contribution is 2.13. The Morgan fingerprint density at radius 1 is 1.80 bits per heavy atom. The molecule has 0 aromatic rings. The lowest BCUT2D eigenvalue weighted by atomic mass is 10.6. The SMILES string of the molecule is COC(=O)C1OC=C(C)O1. The molecule has 4 heteroatoms. The van der Waals surface area contributed by atoms with E-state index in [0.29, 0.717) is 5.76 Å². The van der Waals surface area contributed by atoms with E-state index in [9.17, 15) is 4.79 Å². The van der Waals surface area contributed by atoms with Crippen LogP contribution in [0.15, 0.2) is 12.0 Å². The predicted molar refractivity (Wildman–Crippen MR) is 31.7 cm³/mol. The minimum absolute atomic E-state index is 0.520. The van der Waals surface area contributed by atoms with Crippen molar-refractivity contribution in [3.8, 4) is 0 Å². The van der Waals surface area contributed by atoms with Crippen LogP contribution in [0.1, 0.15) is 6.92 Å². The van der Waals surface area contributed by atoms with E-state index < -0.39 is 12.3 Å². The molecular formula is C6H8O4. The van der Waals surface area contributed by atoms with Crippen LogP contribution in [0.2, 0.25) is 0 Å². The van der Waals surface area contributed by atoms with Crippen molar-refractivity contribution < 1.29 is 19.0 Å². The van der Waals surface area contributed by atoms with Gasteiger partial charge in [-0.1, -0.05) is 0 Å². The lowest BCUT2D eigenvalue weighted by Gasteiger charge is -2.06. The van der Waals surface area contributed by atoms with Crippen molar-refractivity contribution in [1.29, 1.82) is 0 Å². The molecule has 10 heavy (non-hydrogen) atoms. The molecule has 1 aliphatic rings. The average molecular weight is 144 g/mol. The normalized spacial score (nSPS) is 22.6. The molecule has 0 saturated heterocycles. The van der Waals surface area contributed by atoms with Gasteiger partial charge in [-0.25, -0.2) is 4.79 Å². The summed E-state index contributed by atoms with van der Waals surface area (Å²) in [4.78, 5) is 10.7. The van der Waals surface area contributed by atoms with E-state index in [1.807, 2.05) is 0 Å². The van der Waals surface area contributed by atoms with Gasteiger partial charge in [-0.2, -0.15) is 0 Å². The molecule has 0 aromatic carbocycles. The highest BCUT2D eigenvalue weighted by Gasteiger charge is 2.25. The highest BCUT2D eigenvalue weighted by molar-refractivity contribution is 5.73. The fourth-order valence-electron chi connectivity index (χ4n) is 0.582. The first kappa shape index (κ1) is 6.92. The Hall–Kier alpha value is -1.19. The van der Waals surface area contributed by atoms with Crippen molar-refractivity contribution in [2.45, 2.75) is 13.2 Å². The van der Waals surface area contributed by atoms with Gasteiger partial charge in [0.25, 0.3) is 0 Å². The van der Waals surface area contributed by atoms with Gasteiger partial charge in [0, 0.05) is 0 Å². The van der Waals surface area contributed by atoms with Crippen molar-refractivity contribution in [3.63, 3.8) is 0 Å². The van der Waals surface area contributed by atoms with Gasteiger partial charge < -0.3 is 14.2 Å². The maximum atomic E-state index is 10.7. The number of allylic oxidation sites excluding steroid dienone is 1. The monoisotopic (exact) mass is 144 g/mol. The van der Waals surface area contributed by atoms with Crippen LogP contribution in [0.25, 0.3) is 0 Å². The van der Waals surface area contributed by atoms with Gasteiger partial charge in [0.2, 0.25) is 0 Å². The van der Waals surface area contributed by atoms with Gasteiger partial charge in [0.05, 0.1) is 7.11 Å². The Labute approximate surface area is 58.4 Å². The second kappa shape index (κ2) is 2.60. The zero-order valence-electron chi connectivity index (χ0n) is 5.79. The second-order valence-electron chi connectivity index (χ2n) is 1.84. The van der Waals surface area contributed by atoms with Gasteiger partial charge in [-0.15, -0.1) is 0 Å². The molecule has 0 aromatic heterocycles. The van der Waals surface area contributed by atoms with Gasteiger partial charge in [-0.3, -0.25) is 0 Å². The number of carbonyl (C=O) groups excluding carboxylic acids is 1. The average Bonchev–Trinajstić information content (AvgIpc) is 2.34. The van der Waals surface area contributed by atoms with Crippen LogP contribution in [0.3, 0.4) is 0 Å². The smallest absolute Gasteiger partial charge is 0.389 e. The number of esters is 1. The van der Waals surface area contributed by atoms with E-state index >= 15 is 0 Å². The zero-order chi connectivity index (χ0) is 7.56. The molecule has 0 aliphatic carbocycles. The summed E-state index contributed by atoms with van der Waals surface area (Å²) >= 11 is 0. The Kier molecular flexibility index (Phi) is 1.80. The molecule has 0 spiro atoms. The lowest BCUT2D eigenvalue weighted by Crippen LogP contribution is -2.22. The van der Waals surface area contributed by atoms with Crippen LogP contribution in [-0.2, 0) is 19.0 Å². The van der Waals surface area contributed by atoms with E-state index in [4.69, 9.17) is 9.47 Å². The summed E-state index contributed by atoms with van der Waals surface area (Å²) in [6.45, 7) is 1.70. The minimum Gasteiger partial charge on any atom is -0.463 e. The Morgan fingerprint density at radius 2 is 2.50 bits per heavy atom. The molecule has 1 aliphatic heterocycles. The third-order valence-corrected chi connectivity index (χ3v) is 1.04. The van der Waals surface area contributed by atoms with Crippen molar-refractivity contribution >= 4 is 5.97 Å². The first-order valence-corrected chi connectivity index (χ1v) is 2.81. The van der Waals surface area contributed by atoms with E-state index in [2.05, 4.69) is 4.74 Å². The third-order valence-electron chi connectivity index (χ3n) is 1.04. The molecule has 56 valence electrons. The van der Waals surface area contributed by atoms with Crippen LogP contribution >= 0.6 is 0 Å². The van der Waals surface area contributed by atoms with Crippen LogP contribution in [-0.4, -0.2) is 19.4 Å². The first-order chi connectivity index (χ1) is 4.74. The van der Waals surface area contributed by atoms with Gasteiger partial charge in [0.1, 0.15) is 12.0 Å².